The van der Waals surface area contributed by atoms with Crippen molar-refractivity contribution in [1.82, 2.24) is 15.2 Å². The first-order valence-electron chi connectivity index (χ1n) is 6.21. The monoisotopic (exact) mass is 300 g/mol. The van der Waals surface area contributed by atoms with Gasteiger partial charge in [0.2, 0.25) is 0 Å². The van der Waals surface area contributed by atoms with Gasteiger partial charge in [-0.1, -0.05) is 11.6 Å². The van der Waals surface area contributed by atoms with Gasteiger partial charge in [0.1, 0.15) is 5.69 Å². The van der Waals surface area contributed by atoms with Crippen LogP contribution in [0, 0.1) is 0 Å². The summed E-state index contributed by atoms with van der Waals surface area (Å²) >= 11 is 0. The second-order valence-electron chi connectivity index (χ2n) is 4.37. The van der Waals surface area contributed by atoms with E-state index in [1.54, 1.807) is 0 Å². The molecule has 1 aromatic rings. The third kappa shape index (κ3) is 5.57. The molecule has 0 atom stereocenters. The number of nitrogens with zero attached hydrogens (tertiary/aromatic N) is 3. The average molecular weight is 300 g/mol. The van der Waals surface area contributed by atoms with Gasteiger partial charge in [-0.05, 0) is 31.1 Å². The summed E-state index contributed by atoms with van der Waals surface area (Å²) in [6.45, 7) is 2.66. The molecule has 1 fully saturated rings. The van der Waals surface area contributed by atoms with Gasteiger partial charge < -0.3 is 15.9 Å². The molecule has 0 bridgehead atoms. The molecule has 1 saturated heterocycles. The van der Waals surface area contributed by atoms with Gasteiger partial charge in [-0.2, -0.15) is 0 Å². The van der Waals surface area contributed by atoms with Crippen LogP contribution in [0.2, 0.25) is 0 Å². The van der Waals surface area contributed by atoms with E-state index in [1.165, 1.54) is 19.3 Å². The Bertz CT molecular complexity index is 497. The molecule has 0 spiro atoms. The highest BCUT2D eigenvalue weighted by Gasteiger charge is 2.19. The number of carbonyl (C=O) groups excluding carboxylic acids is 1. The zero-order chi connectivity index (χ0) is 15.8. The van der Waals surface area contributed by atoms with Gasteiger partial charge in [-0.15, -0.1) is 0 Å². The number of carbonyl (C=O) groups is 3. The topological polar surface area (TPSA) is 160 Å². The number of carboxylic acids is 2. The Morgan fingerprint density at radius 3 is 2.14 bits per heavy atom. The van der Waals surface area contributed by atoms with E-state index in [-0.39, 0.29) is 5.69 Å². The Morgan fingerprint density at radius 1 is 1.10 bits per heavy atom. The van der Waals surface area contributed by atoms with Gasteiger partial charge in [0.25, 0.3) is 5.91 Å². The normalized spacial score (nSPS) is 14.9. The van der Waals surface area contributed by atoms with Crippen molar-refractivity contribution >= 4 is 17.8 Å². The average Bonchev–Trinajstić information content (AvgIpc) is 2.89. The standard InChI is InChI=1S/C9H14N4O2.C2H2O4/c10-9(14)8-7(11-15-12-8)6-13-4-2-1-3-5-13;3-1(4)2(5)6/h1-6H2,(H2,10,14);(H,3,4)(H,5,6). The summed E-state index contributed by atoms with van der Waals surface area (Å²) in [7, 11) is 0. The summed E-state index contributed by atoms with van der Waals surface area (Å²) in [6.07, 6.45) is 3.66. The Hall–Kier alpha value is -2.49. The molecule has 4 N–H and O–H groups in total. The number of nitrogens with two attached hydrogens (primary N) is 1. The third-order valence-electron chi connectivity index (χ3n) is 2.79. The fourth-order valence-electron chi connectivity index (χ4n) is 1.83. The van der Waals surface area contributed by atoms with Gasteiger partial charge in [0.05, 0.1) is 0 Å². The number of piperidine rings is 1. The van der Waals surface area contributed by atoms with Crippen LogP contribution in [0.5, 0.6) is 0 Å². The largest absolute Gasteiger partial charge is 0.473 e. The number of aliphatic carboxylic acids is 2. The first-order valence-corrected chi connectivity index (χ1v) is 6.21. The molecule has 0 saturated carbocycles. The smallest absolute Gasteiger partial charge is 0.414 e. The van der Waals surface area contributed by atoms with Gasteiger partial charge in [0, 0.05) is 6.54 Å². The Labute approximate surface area is 119 Å². The van der Waals surface area contributed by atoms with Crippen LogP contribution >= 0.6 is 0 Å². The van der Waals surface area contributed by atoms with Crippen LogP contribution in [0.25, 0.3) is 0 Å². The Balaban J connectivity index is 0.000000315. The molecule has 1 aliphatic heterocycles. The van der Waals surface area contributed by atoms with Crippen molar-refractivity contribution in [3.05, 3.63) is 11.4 Å². The molecule has 116 valence electrons. The second-order valence-corrected chi connectivity index (χ2v) is 4.37. The van der Waals surface area contributed by atoms with Crippen LogP contribution in [0.3, 0.4) is 0 Å². The predicted molar refractivity (Wildman–Crippen MR) is 67.2 cm³/mol. The maximum atomic E-state index is 11.0. The van der Waals surface area contributed by atoms with E-state index in [0.29, 0.717) is 12.2 Å². The van der Waals surface area contributed by atoms with Crippen LogP contribution < -0.4 is 5.73 Å². The van der Waals surface area contributed by atoms with Crippen molar-refractivity contribution in [1.29, 1.82) is 0 Å². The molecule has 0 aliphatic carbocycles. The number of rotatable bonds is 3. The van der Waals surface area contributed by atoms with Gasteiger partial charge in [-0.25, -0.2) is 14.2 Å². The number of amides is 1. The molecule has 0 unspecified atom stereocenters. The molecule has 0 radical (unpaired) electrons. The molecule has 2 rings (SSSR count). The quantitative estimate of drug-likeness (QED) is 0.613. The highest BCUT2D eigenvalue weighted by molar-refractivity contribution is 6.27. The number of primary amides is 1. The van der Waals surface area contributed by atoms with Crippen molar-refractivity contribution in [3.8, 4) is 0 Å². The zero-order valence-electron chi connectivity index (χ0n) is 11.2. The lowest BCUT2D eigenvalue weighted by atomic mass is 10.1. The summed E-state index contributed by atoms with van der Waals surface area (Å²) in [4.78, 5) is 31.4. The van der Waals surface area contributed by atoms with Gasteiger partial charge in [-0.3, -0.25) is 9.69 Å². The Kier molecular flexibility index (Phi) is 6.27. The molecular formula is C11H16N4O6. The van der Waals surface area contributed by atoms with E-state index in [0.717, 1.165) is 13.1 Å². The molecule has 10 heteroatoms. The summed E-state index contributed by atoms with van der Waals surface area (Å²) in [5, 5.41) is 22.0. The van der Waals surface area contributed by atoms with Crippen LogP contribution in [0.1, 0.15) is 35.4 Å². The van der Waals surface area contributed by atoms with Crippen LogP contribution in [0.4, 0.5) is 0 Å². The highest BCUT2D eigenvalue weighted by atomic mass is 16.6. The van der Waals surface area contributed by atoms with E-state index >= 15 is 0 Å². The first kappa shape index (κ1) is 16.6. The summed E-state index contributed by atoms with van der Waals surface area (Å²) < 4.78 is 4.52. The maximum absolute atomic E-state index is 11.0. The molecule has 2 heterocycles. The lowest BCUT2D eigenvalue weighted by molar-refractivity contribution is -0.159. The van der Waals surface area contributed by atoms with Crippen molar-refractivity contribution in [2.45, 2.75) is 25.8 Å². The first-order chi connectivity index (χ1) is 9.91. The summed E-state index contributed by atoms with van der Waals surface area (Å²) in [6, 6.07) is 0. The minimum atomic E-state index is -1.82. The van der Waals surface area contributed by atoms with Crippen molar-refractivity contribution in [3.63, 3.8) is 0 Å². The summed E-state index contributed by atoms with van der Waals surface area (Å²) in [5.41, 5.74) is 5.84. The molecule has 1 aromatic heterocycles. The maximum Gasteiger partial charge on any atom is 0.414 e. The lowest BCUT2D eigenvalue weighted by Crippen LogP contribution is -2.30. The SMILES string of the molecule is NC(=O)c1nonc1CN1CCCCC1.O=C(O)C(=O)O. The number of carboxylic acid groups (broad SMARTS) is 2. The molecule has 0 aromatic carbocycles. The minimum Gasteiger partial charge on any atom is -0.473 e. The molecular weight excluding hydrogens is 284 g/mol. The van der Waals surface area contributed by atoms with Crippen LogP contribution in [-0.2, 0) is 16.1 Å². The number of hydrogen-bond donors (Lipinski definition) is 3. The fourth-order valence-corrected chi connectivity index (χ4v) is 1.83. The van der Waals surface area contributed by atoms with Crippen molar-refractivity contribution in [2.24, 2.45) is 5.73 Å². The van der Waals surface area contributed by atoms with Crippen molar-refractivity contribution < 1.29 is 29.2 Å². The lowest BCUT2D eigenvalue weighted by Gasteiger charge is -2.25. The van der Waals surface area contributed by atoms with E-state index in [4.69, 9.17) is 25.5 Å². The number of hydrogen-bond acceptors (Lipinski definition) is 7. The van der Waals surface area contributed by atoms with E-state index in [2.05, 4.69) is 19.8 Å². The van der Waals surface area contributed by atoms with Crippen molar-refractivity contribution in [2.75, 3.05) is 13.1 Å². The van der Waals surface area contributed by atoms with E-state index in [9.17, 15) is 4.79 Å². The number of aromatic nitrogens is 2. The van der Waals surface area contributed by atoms with Crippen LogP contribution in [-0.4, -0.2) is 56.4 Å². The summed E-state index contributed by atoms with van der Waals surface area (Å²) in [5.74, 6) is -4.23. The highest BCUT2D eigenvalue weighted by Crippen LogP contribution is 2.13. The molecule has 1 aliphatic rings. The minimum absolute atomic E-state index is 0.153. The number of likely N-dealkylation sites (tertiary alicyclic amines) is 1. The van der Waals surface area contributed by atoms with E-state index < -0.39 is 17.8 Å². The molecule has 21 heavy (non-hydrogen) atoms. The zero-order valence-corrected chi connectivity index (χ0v) is 11.2. The predicted octanol–water partition coefficient (Wildman–Crippen LogP) is -0.690. The third-order valence-corrected chi connectivity index (χ3v) is 2.79. The fraction of sp³-hybridized carbons (Fsp3) is 0.545. The second kappa shape index (κ2) is 7.94. The van der Waals surface area contributed by atoms with Gasteiger partial charge >= 0.3 is 11.9 Å². The van der Waals surface area contributed by atoms with Crippen LogP contribution in [0.15, 0.2) is 4.63 Å². The Morgan fingerprint density at radius 2 is 1.67 bits per heavy atom. The molecule has 10 nitrogen and oxygen atoms in total. The van der Waals surface area contributed by atoms with E-state index in [1.807, 2.05) is 0 Å². The molecule has 1 amide bonds. The van der Waals surface area contributed by atoms with Gasteiger partial charge in [0.15, 0.2) is 5.69 Å².